The fourth-order valence-corrected chi connectivity index (χ4v) is 4.46. The number of nitrogens with zero attached hydrogens (tertiary/aromatic N) is 3. The van der Waals surface area contributed by atoms with E-state index in [2.05, 4.69) is 27.9 Å². The first-order valence-corrected chi connectivity index (χ1v) is 10.6. The number of aryl methyl sites for hydroxylation is 2. The molecule has 6 nitrogen and oxygen atoms in total. The van der Waals surface area contributed by atoms with Gasteiger partial charge in [0, 0.05) is 34.7 Å². The number of fused-ring (bicyclic) bond motifs is 3. The molecule has 3 aromatic rings. The lowest BCUT2D eigenvalue weighted by atomic mass is 9.97. The maximum atomic E-state index is 9.66. The minimum atomic E-state index is 0.676. The molecule has 148 valence electrons. The summed E-state index contributed by atoms with van der Waals surface area (Å²) in [4.78, 5) is 23.5. The summed E-state index contributed by atoms with van der Waals surface area (Å²) in [7, 11) is 1.74. The lowest BCUT2D eigenvalue weighted by Crippen LogP contribution is -2.13. The van der Waals surface area contributed by atoms with E-state index in [1.54, 1.807) is 29.6 Å². The molecule has 0 saturated heterocycles. The first-order chi connectivity index (χ1) is 13.5. The third-order valence-corrected chi connectivity index (χ3v) is 6.31. The van der Waals surface area contributed by atoms with Crippen LogP contribution in [-0.4, -0.2) is 34.9 Å². The Balaban J connectivity index is 0.000000330. The molecule has 0 fully saturated rings. The molecule has 2 aromatic heterocycles. The number of nitrogens with one attached hydrogen (secondary N) is 1. The van der Waals surface area contributed by atoms with Gasteiger partial charge in [0.05, 0.1) is 5.39 Å². The number of hydrogen-bond acceptors (Lipinski definition) is 7. The zero-order valence-corrected chi connectivity index (χ0v) is 17.8. The van der Waals surface area contributed by atoms with Crippen LogP contribution in [0.3, 0.4) is 0 Å². The highest BCUT2D eigenvalue weighted by molar-refractivity contribution is 7.80. The van der Waals surface area contributed by atoms with Gasteiger partial charge in [-0.15, -0.1) is 24.0 Å². The highest BCUT2D eigenvalue weighted by Crippen LogP contribution is 2.39. The number of hydrogen-bond donors (Lipinski definition) is 3. The molecule has 0 radical (unpaired) electrons. The fraction of sp³-hybridized carbons (Fsp3) is 0.350. The van der Waals surface area contributed by atoms with Crippen molar-refractivity contribution in [2.24, 2.45) is 0 Å². The summed E-state index contributed by atoms with van der Waals surface area (Å²) >= 11 is 6.18. The zero-order chi connectivity index (χ0) is 20.1. The van der Waals surface area contributed by atoms with Crippen LogP contribution < -0.4 is 11.1 Å². The normalized spacial score (nSPS) is 12.7. The Kier molecular flexibility index (Phi) is 6.74. The molecule has 2 heterocycles. The number of amides is 1. The molecular weight excluding hydrogens is 390 g/mol. The third kappa shape index (κ3) is 4.56. The molecule has 1 amide bonds. The number of thiol groups is 1. The van der Waals surface area contributed by atoms with Crippen molar-refractivity contribution in [1.29, 1.82) is 0 Å². The van der Waals surface area contributed by atoms with E-state index in [9.17, 15) is 4.79 Å². The van der Waals surface area contributed by atoms with Gasteiger partial charge in [0.1, 0.15) is 17.0 Å². The van der Waals surface area contributed by atoms with E-state index in [0.717, 1.165) is 40.6 Å². The minimum Gasteiger partial charge on any atom is -0.398 e. The van der Waals surface area contributed by atoms with Gasteiger partial charge in [-0.2, -0.15) is 0 Å². The Morgan fingerprint density at radius 1 is 1.32 bits per heavy atom. The molecule has 0 saturated carbocycles. The molecule has 8 heteroatoms. The molecular formula is C20H25N5OS2. The summed E-state index contributed by atoms with van der Waals surface area (Å²) in [6.45, 7) is 2.72. The fourth-order valence-electron chi connectivity index (χ4n) is 3.02. The summed E-state index contributed by atoms with van der Waals surface area (Å²) < 4.78 is 0. The van der Waals surface area contributed by atoms with Crippen molar-refractivity contribution in [3.63, 3.8) is 0 Å². The Morgan fingerprint density at radius 3 is 2.79 bits per heavy atom. The monoisotopic (exact) mass is 415 g/mol. The van der Waals surface area contributed by atoms with Gasteiger partial charge in [-0.05, 0) is 56.4 Å². The van der Waals surface area contributed by atoms with Crippen molar-refractivity contribution in [3.8, 4) is 0 Å². The Labute approximate surface area is 174 Å². The van der Waals surface area contributed by atoms with Crippen LogP contribution in [0.15, 0.2) is 29.4 Å². The molecule has 3 N–H and O–H groups in total. The highest BCUT2D eigenvalue weighted by atomic mass is 32.1. The summed E-state index contributed by atoms with van der Waals surface area (Å²) in [5, 5.41) is 4.58. The molecule has 1 aliphatic rings. The van der Waals surface area contributed by atoms with Crippen LogP contribution in [0.25, 0.3) is 10.2 Å². The lowest BCUT2D eigenvalue weighted by molar-refractivity contribution is -0.116. The van der Waals surface area contributed by atoms with Crippen molar-refractivity contribution in [3.05, 3.63) is 35.0 Å². The van der Waals surface area contributed by atoms with Crippen molar-refractivity contribution in [1.82, 2.24) is 14.9 Å². The van der Waals surface area contributed by atoms with Gasteiger partial charge < -0.3 is 16.0 Å². The topological polar surface area (TPSA) is 84.1 Å². The summed E-state index contributed by atoms with van der Waals surface area (Å²) in [5.41, 5.74) is 8.86. The first-order valence-electron chi connectivity index (χ1n) is 9.29. The third-order valence-electron chi connectivity index (χ3n) is 4.72. The smallest absolute Gasteiger partial charge is 0.209 e. The van der Waals surface area contributed by atoms with E-state index in [1.165, 1.54) is 35.1 Å². The molecule has 0 bridgehead atoms. The van der Waals surface area contributed by atoms with Gasteiger partial charge >= 0.3 is 0 Å². The summed E-state index contributed by atoms with van der Waals surface area (Å²) in [6.07, 6.45) is 7.24. The Bertz CT molecular complexity index is 973. The van der Waals surface area contributed by atoms with Crippen LogP contribution in [0.4, 0.5) is 17.2 Å². The van der Waals surface area contributed by atoms with Crippen LogP contribution in [0.2, 0.25) is 0 Å². The van der Waals surface area contributed by atoms with Gasteiger partial charge in [0.25, 0.3) is 0 Å². The molecule has 0 spiro atoms. The van der Waals surface area contributed by atoms with Crippen molar-refractivity contribution < 1.29 is 4.79 Å². The van der Waals surface area contributed by atoms with Gasteiger partial charge in [0.2, 0.25) is 6.41 Å². The van der Waals surface area contributed by atoms with Crippen molar-refractivity contribution >= 4 is 57.8 Å². The number of carbonyl (C=O) groups is 1. The van der Waals surface area contributed by atoms with E-state index in [1.807, 2.05) is 25.1 Å². The molecule has 1 aromatic carbocycles. The highest BCUT2D eigenvalue weighted by Gasteiger charge is 2.19. The number of rotatable bonds is 4. The molecule has 4 rings (SSSR count). The second-order valence-electron chi connectivity index (χ2n) is 6.69. The van der Waals surface area contributed by atoms with Crippen molar-refractivity contribution in [2.45, 2.75) is 37.5 Å². The number of aromatic nitrogens is 2. The number of benzene rings is 1. The second-order valence-corrected chi connectivity index (χ2v) is 8.26. The standard InChI is InChI=1S/C16H16N4S2.C4H9NO/c17-11-6-5-9(7-12(11)21)20-15-14-10-3-1-2-4-13(10)22-16(14)19-8-18-15;1-3-5(2)4-6/h5-8,21H,1-4,17H2,(H,18,19,20);4H,3H2,1-2H3. The van der Waals surface area contributed by atoms with Crippen molar-refractivity contribution in [2.75, 3.05) is 24.6 Å². The number of carbonyl (C=O) groups excluding carboxylic acids is 1. The van der Waals surface area contributed by atoms with Gasteiger partial charge in [0.15, 0.2) is 0 Å². The largest absolute Gasteiger partial charge is 0.398 e. The van der Waals surface area contributed by atoms with E-state index in [4.69, 9.17) is 5.73 Å². The molecule has 0 unspecified atom stereocenters. The van der Waals surface area contributed by atoms with Crippen LogP contribution >= 0.6 is 24.0 Å². The number of nitrogen functional groups attached to an aromatic ring is 1. The second kappa shape index (κ2) is 9.25. The zero-order valence-electron chi connectivity index (χ0n) is 16.1. The lowest BCUT2D eigenvalue weighted by Gasteiger charge is -2.13. The number of anilines is 3. The maximum Gasteiger partial charge on any atom is 0.209 e. The molecule has 1 aliphatic carbocycles. The maximum absolute atomic E-state index is 9.66. The van der Waals surface area contributed by atoms with Gasteiger partial charge in [-0.1, -0.05) is 0 Å². The van der Waals surface area contributed by atoms with Crippen LogP contribution in [0, 0.1) is 0 Å². The minimum absolute atomic E-state index is 0.676. The summed E-state index contributed by atoms with van der Waals surface area (Å²) in [6, 6.07) is 5.72. The first kappa shape index (κ1) is 20.4. The van der Waals surface area contributed by atoms with Crippen LogP contribution in [0.5, 0.6) is 0 Å². The predicted octanol–water partition coefficient (Wildman–Crippen LogP) is 4.28. The van der Waals surface area contributed by atoms with Crippen LogP contribution in [-0.2, 0) is 17.6 Å². The average molecular weight is 416 g/mol. The van der Waals surface area contributed by atoms with E-state index < -0.39 is 0 Å². The predicted molar refractivity (Wildman–Crippen MR) is 120 cm³/mol. The number of nitrogens with two attached hydrogens (primary N) is 1. The van der Waals surface area contributed by atoms with Gasteiger partial charge in [-0.3, -0.25) is 4.79 Å². The SMILES string of the molecule is CCN(C)C=O.Nc1ccc(Nc2ncnc3sc4c(c23)CCCC4)cc1S. The number of thiophene rings is 1. The van der Waals surface area contributed by atoms with E-state index in [0.29, 0.717) is 5.69 Å². The summed E-state index contributed by atoms with van der Waals surface area (Å²) in [5.74, 6) is 0.877. The molecule has 28 heavy (non-hydrogen) atoms. The molecule has 0 atom stereocenters. The van der Waals surface area contributed by atoms with Gasteiger partial charge in [-0.25, -0.2) is 9.97 Å². The Morgan fingerprint density at radius 2 is 2.11 bits per heavy atom. The van der Waals surface area contributed by atoms with Crippen LogP contribution in [0.1, 0.15) is 30.2 Å². The Hall–Kier alpha value is -2.32. The molecule has 0 aliphatic heterocycles. The van der Waals surface area contributed by atoms with E-state index in [-0.39, 0.29) is 0 Å². The quantitative estimate of drug-likeness (QED) is 0.336. The van der Waals surface area contributed by atoms with E-state index >= 15 is 0 Å². The average Bonchev–Trinajstić information content (AvgIpc) is 3.10.